The van der Waals surface area contributed by atoms with Crippen molar-refractivity contribution in [1.29, 1.82) is 0 Å². The summed E-state index contributed by atoms with van der Waals surface area (Å²) in [5.41, 5.74) is 1.39. The number of nitrogens with zero attached hydrogens (tertiary/aromatic N) is 3. The van der Waals surface area contributed by atoms with Crippen LogP contribution in [0.4, 0.5) is 5.69 Å². The first kappa shape index (κ1) is 27.1. The molecule has 0 aliphatic rings. The molecule has 11 heteroatoms. The van der Waals surface area contributed by atoms with E-state index < -0.39 is 21.9 Å². The maximum absolute atomic E-state index is 13.3. The van der Waals surface area contributed by atoms with Gasteiger partial charge in [-0.15, -0.1) is 0 Å². The monoisotopic (exact) mass is 553 g/mol. The van der Waals surface area contributed by atoms with Crippen LogP contribution in [0.2, 0.25) is 0 Å². The number of hydrogen-bond donors (Lipinski definition) is 0. The minimum Gasteiger partial charge on any atom is -0.495 e. The Balaban J connectivity index is 1.70. The number of carbonyl (C=O) groups is 2. The van der Waals surface area contributed by atoms with Crippen molar-refractivity contribution in [3.8, 4) is 5.75 Å². The number of fused-ring (bicyclic) bond motifs is 1. The van der Waals surface area contributed by atoms with Crippen LogP contribution in [0.3, 0.4) is 0 Å². The SMILES string of the molecule is CCOC(=O)Cn1c(=NC(=O)c2ccc(S(=O)(=O)N(CC)c3ccccc3)cc2)sc2cccc(OC)c21. The Hall–Kier alpha value is -3.96. The van der Waals surface area contributed by atoms with E-state index >= 15 is 0 Å². The normalized spacial score (nSPS) is 11.9. The van der Waals surface area contributed by atoms with Crippen LogP contribution in [0.1, 0.15) is 24.2 Å². The van der Waals surface area contributed by atoms with Gasteiger partial charge >= 0.3 is 5.97 Å². The number of esters is 1. The van der Waals surface area contributed by atoms with Crippen LogP contribution in [0, 0.1) is 0 Å². The molecule has 0 aliphatic carbocycles. The van der Waals surface area contributed by atoms with Gasteiger partial charge in [0.1, 0.15) is 17.8 Å². The quantitative estimate of drug-likeness (QED) is 0.287. The molecule has 1 heterocycles. The lowest BCUT2D eigenvalue weighted by molar-refractivity contribution is -0.143. The molecule has 9 nitrogen and oxygen atoms in total. The number of ether oxygens (including phenoxy) is 2. The number of hydrogen-bond acceptors (Lipinski definition) is 7. The van der Waals surface area contributed by atoms with Gasteiger partial charge in [0.25, 0.3) is 15.9 Å². The Morgan fingerprint density at radius 1 is 0.974 bits per heavy atom. The number of methoxy groups -OCH3 is 1. The second kappa shape index (κ2) is 11.6. The third kappa shape index (κ3) is 5.48. The van der Waals surface area contributed by atoms with Gasteiger partial charge in [0.15, 0.2) is 4.80 Å². The summed E-state index contributed by atoms with van der Waals surface area (Å²) in [5, 5.41) is 0. The highest BCUT2D eigenvalue weighted by atomic mass is 32.2. The summed E-state index contributed by atoms with van der Waals surface area (Å²) in [7, 11) is -2.31. The van der Waals surface area contributed by atoms with Crippen LogP contribution < -0.4 is 13.8 Å². The van der Waals surface area contributed by atoms with Gasteiger partial charge in [-0.3, -0.25) is 13.9 Å². The van der Waals surface area contributed by atoms with Gasteiger partial charge in [-0.05, 0) is 62.4 Å². The molecule has 1 amide bonds. The molecule has 3 aromatic carbocycles. The molecule has 0 spiro atoms. The molecule has 0 fully saturated rings. The molecule has 0 unspecified atom stereocenters. The van der Waals surface area contributed by atoms with E-state index in [9.17, 15) is 18.0 Å². The Bertz CT molecular complexity index is 1630. The predicted octanol–water partition coefficient (Wildman–Crippen LogP) is 4.23. The van der Waals surface area contributed by atoms with E-state index in [-0.39, 0.29) is 30.2 Å². The number of para-hydroxylation sites is 2. The van der Waals surface area contributed by atoms with Crippen LogP contribution in [0.15, 0.2) is 82.7 Å². The largest absolute Gasteiger partial charge is 0.495 e. The van der Waals surface area contributed by atoms with E-state index in [0.29, 0.717) is 21.8 Å². The Morgan fingerprint density at radius 2 is 1.68 bits per heavy atom. The highest BCUT2D eigenvalue weighted by Gasteiger charge is 2.24. The molecule has 0 saturated heterocycles. The van der Waals surface area contributed by atoms with Gasteiger partial charge in [0, 0.05) is 12.1 Å². The number of rotatable bonds is 9. The van der Waals surface area contributed by atoms with E-state index in [0.717, 1.165) is 4.70 Å². The lowest BCUT2D eigenvalue weighted by Gasteiger charge is -2.22. The number of benzene rings is 3. The van der Waals surface area contributed by atoms with Gasteiger partial charge in [0.05, 0.1) is 29.0 Å². The molecule has 38 heavy (non-hydrogen) atoms. The summed E-state index contributed by atoms with van der Waals surface area (Å²) in [6, 6.07) is 19.9. The van der Waals surface area contributed by atoms with Crippen molar-refractivity contribution in [3.63, 3.8) is 0 Å². The van der Waals surface area contributed by atoms with Crippen molar-refractivity contribution in [1.82, 2.24) is 4.57 Å². The fraction of sp³-hybridized carbons (Fsp3) is 0.222. The molecule has 4 aromatic rings. The maximum atomic E-state index is 13.3. The van der Waals surface area contributed by atoms with Crippen LogP contribution in [-0.4, -0.2) is 45.1 Å². The summed E-state index contributed by atoms with van der Waals surface area (Å²) < 4.78 is 40.8. The number of amides is 1. The zero-order valence-corrected chi connectivity index (χ0v) is 22.8. The second-order valence-electron chi connectivity index (χ2n) is 8.03. The highest BCUT2D eigenvalue weighted by molar-refractivity contribution is 7.92. The van der Waals surface area contributed by atoms with Gasteiger partial charge in [-0.1, -0.05) is 35.6 Å². The minimum absolute atomic E-state index is 0.0590. The van der Waals surface area contributed by atoms with Crippen molar-refractivity contribution in [3.05, 3.63) is 83.2 Å². The van der Waals surface area contributed by atoms with Crippen LogP contribution >= 0.6 is 11.3 Å². The summed E-state index contributed by atoms with van der Waals surface area (Å²) in [6.07, 6.45) is 0. The van der Waals surface area contributed by atoms with Crippen LogP contribution in [0.5, 0.6) is 5.75 Å². The van der Waals surface area contributed by atoms with E-state index in [1.807, 2.05) is 18.2 Å². The molecular weight excluding hydrogens is 526 g/mol. The molecule has 1 aromatic heterocycles. The van der Waals surface area contributed by atoms with Gasteiger partial charge < -0.3 is 14.0 Å². The highest BCUT2D eigenvalue weighted by Crippen LogP contribution is 2.28. The van der Waals surface area contributed by atoms with E-state index in [2.05, 4.69) is 4.99 Å². The zero-order valence-electron chi connectivity index (χ0n) is 21.2. The molecule has 0 aliphatic heterocycles. The summed E-state index contributed by atoms with van der Waals surface area (Å²) in [4.78, 5) is 30.0. The molecular formula is C27H27N3O6S2. The number of aromatic nitrogens is 1. The molecule has 4 rings (SSSR count). The first-order chi connectivity index (χ1) is 18.3. The van der Waals surface area contributed by atoms with Crippen molar-refractivity contribution in [2.45, 2.75) is 25.3 Å². The molecule has 0 saturated carbocycles. The molecule has 0 radical (unpaired) electrons. The third-order valence-electron chi connectivity index (χ3n) is 5.69. The number of sulfonamides is 1. The van der Waals surface area contributed by atoms with Crippen molar-refractivity contribution < 1.29 is 27.5 Å². The smallest absolute Gasteiger partial charge is 0.326 e. The number of thiazole rings is 1. The maximum Gasteiger partial charge on any atom is 0.326 e. The van der Waals surface area contributed by atoms with Gasteiger partial charge in [-0.25, -0.2) is 8.42 Å². The fourth-order valence-corrected chi connectivity index (χ4v) is 6.48. The van der Waals surface area contributed by atoms with Gasteiger partial charge in [0.2, 0.25) is 0 Å². The van der Waals surface area contributed by atoms with Crippen molar-refractivity contribution >= 4 is 49.1 Å². The Labute approximate surface area is 224 Å². The Morgan fingerprint density at radius 3 is 2.32 bits per heavy atom. The third-order valence-corrected chi connectivity index (χ3v) is 8.66. The minimum atomic E-state index is -3.83. The zero-order chi connectivity index (χ0) is 27.3. The lowest BCUT2D eigenvalue weighted by atomic mass is 10.2. The lowest BCUT2D eigenvalue weighted by Crippen LogP contribution is -2.30. The standard InChI is InChI=1S/C27H27N3O6S2/c1-4-30(20-10-7-6-8-11-20)38(33,34)21-16-14-19(15-17-21)26(32)28-27-29(18-24(31)36-5-2)25-22(35-3)12-9-13-23(25)37-27/h6-17H,4-5,18H2,1-3H3. The number of anilines is 1. The topological polar surface area (TPSA) is 107 Å². The van der Waals surface area contributed by atoms with Crippen LogP contribution in [-0.2, 0) is 26.1 Å². The summed E-state index contributed by atoms with van der Waals surface area (Å²) >= 11 is 1.23. The average molecular weight is 554 g/mol. The Kier molecular flexibility index (Phi) is 8.28. The van der Waals surface area contributed by atoms with Crippen molar-refractivity contribution in [2.24, 2.45) is 4.99 Å². The van der Waals surface area contributed by atoms with E-state index in [4.69, 9.17) is 9.47 Å². The summed E-state index contributed by atoms with van der Waals surface area (Å²) in [6.45, 7) is 3.79. The molecule has 0 atom stereocenters. The molecule has 198 valence electrons. The fourth-order valence-electron chi connectivity index (χ4n) is 3.96. The number of carbonyl (C=O) groups excluding carboxylic acids is 2. The van der Waals surface area contributed by atoms with E-state index in [1.54, 1.807) is 48.7 Å². The predicted molar refractivity (Wildman–Crippen MR) is 146 cm³/mol. The molecule has 0 N–H and O–H groups in total. The first-order valence-corrected chi connectivity index (χ1v) is 14.1. The average Bonchev–Trinajstić information content (AvgIpc) is 3.26. The first-order valence-electron chi connectivity index (χ1n) is 11.9. The van der Waals surface area contributed by atoms with Crippen LogP contribution in [0.25, 0.3) is 10.2 Å². The molecule has 0 bridgehead atoms. The van der Waals surface area contributed by atoms with E-state index in [1.165, 1.54) is 47.0 Å². The summed E-state index contributed by atoms with van der Waals surface area (Å²) in [5.74, 6) is -0.515. The van der Waals surface area contributed by atoms with Crippen molar-refractivity contribution in [2.75, 3.05) is 24.6 Å². The second-order valence-corrected chi connectivity index (χ2v) is 10.9. The van der Waals surface area contributed by atoms with Gasteiger partial charge in [-0.2, -0.15) is 4.99 Å².